The van der Waals surface area contributed by atoms with Crippen LogP contribution in [0, 0.1) is 18.3 Å². The minimum Gasteiger partial charge on any atom is -0.340 e. The molecule has 1 aromatic rings. The molecule has 0 aromatic carbocycles. The third-order valence-electron chi connectivity index (χ3n) is 4.17. The lowest BCUT2D eigenvalue weighted by Crippen LogP contribution is -2.38. The summed E-state index contributed by atoms with van der Waals surface area (Å²) < 4.78 is 1.97. The Kier molecular flexibility index (Phi) is 3.26. The standard InChI is InChI=1S/C14H21N3/c1-11-12(8-13(9-15)17(11)3)10-16-14(2)6-4-5-7-14/h8,16H,4-7,10H2,1-3H3. The first kappa shape index (κ1) is 12.2. The van der Waals surface area contributed by atoms with E-state index in [1.54, 1.807) is 0 Å². The highest BCUT2D eigenvalue weighted by Gasteiger charge is 2.27. The molecule has 2 rings (SSSR count). The van der Waals surface area contributed by atoms with Crippen molar-refractivity contribution < 1.29 is 0 Å². The van der Waals surface area contributed by atoms with Crippen molar-refractivity contribution in [1.29, 1.82) is 5.26 Å². The summed E-state index contributed by atoms with van der Waals surface area (Å²) >= 11 is 0. The molecule has 1 fully saturated rings. The van der Waals surface area contributed by atoms with E-state index < -0.39 is 0 Å². The average molecular weight is 231 g/mol. The second kappa shape index (κ2) is 4.54. The zero-order valence-corrected chi connectivity index (χ0v) is 11.0. The SMILES string of the molecule is Cc1c(CNC2(C)CCCC2)cc(C#N)n1C. The lowest BCUT2D eigenvalue weighted by atomic mass is 10.0. The second-order valence-corrected chi connectivity index (χ2v) is 5.43. The number of rotatable bonds is 3. The van der Waals surface area contributed by atoms with Gasteiger partial charge in [0.1, 0.15) is 11.8 Å². The first-order valence-corrected chi connectivity index (χ1v) is 6.36. The Morgan fingerprint density at radius 2 is 2.12 bits per heavy atom. The summed E-state index contributed by atoms with van der Waals surface area (Å²) in [6.07, 6.45) is 5.20. The van der Waals surface area contributed by atoms with Gasteiger partial charge in [-0.1, -0.05) is 12.8 Å². The molecule has 17 heavy (non-hydrogen) atoms. The van der Waals surface area contributed by atoms with Crippen LogP contribution in [0.1, 0.15) is 49.6 Å². The number of hydrogen-bond donors (Lipinski definition) is 1. The van der Waals surface area contributed by atoms with E-state index in [1.165, 1.54) is 36.9 Å². The largest absolute Gasteiger partial charge is 0.340 e. The summed E-state index contributed by atoms with van der Waals surface area (Å²) in [5.41, 5.74) is 3.48. The van der Waals surface area contributed by atoms with Crippen molar-refractivity contribution in [2.45, 2.75) is 51.6 Å². The number of nitrogens with zero attached hydrogens (tertiary/aromatic N) is 2. The molecule has 3 heteroatoms. The highest BCUT2D eigenvalue weighted by molar-refractivity contribution is 5.34. The lowest BCUT2D eigenvalue weighted by molar-refractivity contribution is 0.362. The van der Waals surface area contributed by atoms with Gasteiger partial charge in [-0.3, -0.25) is 0 Å². The zero-order chi connectivity index (χ0) is 12.5. The van der Waals surface area contributed by atoms with E-state index in [1.807, 2.05) is 17.7 Å². The van der Waals surface area contributed by atoms with Crippen LogP contribution in [0.3, 0.4) is 0 Å². The molecule has 3 nitrogen and oxygen atoms in total. The van der Waals surface area contributed by atoms with Crippen LogP contribution in [0.2, 0.25) is 0 Å². The monoisotopic (exact) mass is 231 g/mol. The second-order valence-electron chi connectivity index (χ2n) is 5.43. The van der Waals surface area contributed by atoms with Crippen LogP contribution in [-0.2, 0) is 13.6 Å². The van der Waals surface area contributed by atoms with Crippen LogP contribution >= 0.6 is 0 Å². The Balaban J connectivity index is 2.07. The highest BCUT2D eigenvalue weighted by atomic mass is 15.0. The topological polar surface area (TPSA) is 40.8 Å². The van der Waals surface area contributed by atoms with Crippen LogP contribution in [0.4, 0.5) is 0 Å². The molecule has 0 bridgehead atoms. The van der Waals surface area contributed by atoms with Gasteiger partial charge in [-0.15, -0.1) is 0 Å². The fraction of sp³-hybridized carbons (Fsp3) is 0.643. The van der Waals surface area contributed by atoms with E-state index >= 15 is 0 Å². The number of nitrogens with one attached hydrogen (secondary N) is 1. The van der Waals surface area contributed by atoms with Crippen molar-refractivity contribution in [1.82, 2.24) is 9.88 Å². The molecule has 1 aromatic heterocycles. The average Bonchev–Trinajstić information content (AvgIpc) is 2.85. The quantitative estimate of drug-likeness (QED) is 0.868. The van der Waals surface area contributed by atoms with Gasteiger partial charge in [0.2, 0.25) is 0 Å². The maximum Gasteiger partial charge on any atom is 0.120 e. The third kappa shape index (κ3) is 2.37. The molecule has 92 valence electrons. The molecule has 1 N–H and O–H groups in total. The van der Waals surface area contributed by atoms with Gasteiger partial charge in [0.25, 0.3) is 0 Å². The summed E-state index contributed by atoms with van der Waals surface area (Å²) in [5, 5.41) is 12.7. The third-order valence-corrected chi connectivity index (χ3v) is 4.17. The molecule has 1 heterocycles. The van der Waals surface area contributed by atoms with Crippen LogP contribution < -0.4 is 5.32 Å². The highest BCUT2D eigenvalue weighted by Crippen LogP contribution is 2.29. The van der Waals surface area contributed by atoms with Crippen molar-refractivity contribution in [3.05, 3.63) is 23.0 Å². The number of hydrogen-bond acceptors (Lipinski definition) is 2. The van der Waals surface area contributed by atoms with Gasteiger partial charge < -0.3 is 9.88 Å². The molecule has 1 saturated carbocycles. The molecule has 0 unspecified atom stereocenters. The Morgan fingerprint density at radius 1 is 1.47 bits per heavy atom. The Labute approximate surface area is 103 Å². The van der Waals surface area contributed by atoms with Crippen LogP contribution in [0.15, 0.2) is 6.07 Å². The van der Waals surface area contributed by atoms with Gasteiger partial charge in [-0.2, -0.15) is 5.26 Å². The summed E-state index contributed by atoms with van der Waals surface area (Å²) in [6, 6.07) is 4.23. The first-order chi connectivity index (χ1) is 8.06. The molecule has 0 saturated heterocycles. The summed E-state index contributed by atoms with van der Waals surface area (Å²) in [5.74, 6) is 0. The molecule has 1 aliphatic rings. The normalized spacial score (nSPS) is 18.2. The van der Waals surface area contributed by atoms with E-state index in [9.17, 15) is 0 Å². The molecule has 0 atom stereocenters. The van der Waals surface area contributed by atoms with E-state index in [-0.39, 0.29) is 0 Å². The predicted molar refractivity (Wildman–Crippen MR) is 68.6 cm³/mol. The summed E-state index contributed by atoms with van der Waals surface area (Å²) in [4.78, 5) is 0. The smallest absolute Gasteiger partial charge is 0.120 e. The molecule has 0 amide bonds. The van der Waals surface area contributed by atoms with Crippen molar-refractivity contribution >= 4 is 0 Å². The zero-order valence-electron chi connectivity index (χ0n) is 11.0. The van der Waals surface area contributed by atoms with Gasteiger partial charge in [0.05, 0.1) is 0 Å². The minimum atomic E-state index is 0.301. The Bertz CT molecular complexity index is 445. The minimum absolute atomic E-state index is 0.301. The number of aromatic nitrogens is 1. The molecule has 0 aliphatic heterocycles. The molecule has 0 spiro atoms. The Hall–Kier alpha value is -1.27. The van der Waals surface area contributed by atoms with Crippen LogP contribution in [0.25, 0.3) is 0 Å². The van der Waals surface area contributed by atoms with Gasteiger partial charge in [-0.25, -0.2) is 0 Å². The summed E-state index contributed by atoms with van der Waals surface area (Å²) in [6.45, 7) is 5.26. The van der Waals surface area contributed by atoms with Crippen LogP contribution in [-0.4, -0.2) is 10.1 Å². The van der Waals surface area contributed by atoms with Crippen molar-refractivity contribution in [2.75, 3.05) is 0 Å². The maximum atomic E-state index is 9.00. The van der Waals surface area contributed by atoms with Gasteiger partial charge >= 0.3 is 0 Å². The number of nitriles is 1. The lowest BCUT2D eigenvalue weighted by Gasteiger charge is -2.25. The van der Waals surface area contributed by atoms with Crippen molar-refractivity contribution in [2.24, 2.45) is 7.05 Å². The summed E-state index contributed by atoms with van der Waals surface area (Å²) in [7, 11) is 1.95. The van der Waals surface area contributed by atoms with E-state index in [2.05, 4.69) is 25.2 Å². The van der Waals surface area contributed by atoms with E-state index in [0.717, 1.165) is 12.2 Å². The fourth-order valence-corrected chi connectivity index (χ4v) is 2.69. The maximum absolute atomic E-state index is 9.00. The fourth-order valence-electron chi connectivity index (χ4n) is 2.69. The predicted octanol–water partition coefficient (Wildman–Crippen LogP) is 2.63. The molecular formula is C14H21N3. The molecule has 1 aliphatic carbocycles. The molecular weight excluding hydrogens is 210 g/mol. The van der Waals surface area contributed by atoms with Crippen molar-refractivity contribution in [3.8, 4) is 6.07 Å². The van der Waals surface area contributed by atoms with E-state index in [4.69, 9.17) is 5.26 Å². The van der Waals surface area contributed by atoms with Gasteiger partial charge in [-0.05, 0) is 38.3 Å². The van der Waals surface area contributed by atoms with Gasteiger partial charge in [0.15, 0.2) is 0 Å². The van der Waals surface area contributed by atoms with Gasteiger partial charge in [0, 0.05) is 24.8 Å². The first-order valence-electron chi connectivity index (χ1n) is 6.36. The van der Waals surface area contributed by atoms with Crippen molar-refractivity contribution in [3.63, 3.8) is 0 Å². The molecule has 0 radical (unpaired) electrons. The van der Waals surface area contributed by atoms with Crippen LogP contribution in [0.5, 0.6) is 0 Å². The Morgan fingerprint density at radius 3 is 2.65 bits per heavy atom. The van der Waals surface area contributed by atoms with E-state index in [0.29, 0.717) is 5.54 Å².